The molecule has 0 N–H and O–H groups in total. The molecule has 0 aliphatic heterocycles. The molecule has 0 aromatic heterocycles. The van der Waals surface area contributed by atoms with E-state index in [4.69, 9.17) is 4.74 Å². The molecule has 0 aliphatic rings. The van der Waals surface area contributed by atoms with Gasteiger partial charge in [-0.3, -0.25) is 4.79 Å². The molecular formula is C9H19NO2. The van der Waals surface area contributed by atoms with Crippen LogP contribution in [0.1, 0.15) is 27.2 Å². The molecule has 12 heavy (non-hydrogen) atoms. The van der Waals surface area contributed by atoms with Gasteiger partial charge < -0.3 is 9.64 Å². The summed E-state index contributed by atoms with van der Waals surface area (Å²) >= 11 is 0. The number of hydrogen-bond donors (Lipinski definition) is 0. The quantitative estimate of drug-likeness (QED) is 0.626. The van der Waals surface area contributed by atoms with Gasteiger partial charge in [-0.2, -0.15) is 0 Å². The zero-order chi connectivity index (χ0) is 9.56. The minimum Gasteiger partial charge on any atom is -0.383 e. The zero-order valence-electron chi connectivity index (χ0n) is 8.46. The molecule has 3 nitrogen and oxygen atoms in total. The lowest BCUT2D eigenvalue weighted by atomic mass is 10.2. The van der Waals surface area contributed by atoms with E-state index in [2.05, 4.69) is 13.8 Å². The van der Waals surface area contributed by atoms with Gasteiger partial charge in [-0.1, -0.05) is 6.92 Å². The molecule has 0 aromatic rings. The van der Waals surface area contributed by atoms with Crippen molar-refractivity contribution in [2.24, 2.45) is 0 Å². The fourth-order valence-electron chi connectivity index (χ4n) is 1.10. The van der Waals surface area contributed by atoms with Crippen LogP contribution in [0.4, 0.5) is 0 Å². The molecule has 0 radical (unpaired) electrons. The molecule has 3 heteroatoms. The van der Waals surface area contributed by atoms with Gasteiger partial charge in [-0.25, -0.2) is 0 Å². The number of carbonyl (C=O) groups excluding carboxylic acids is 1. The average Bonchev–Trinajstić information content (AvgIpc) is 2.04. The fraction of sp³-hybridized carbons (Fsp3) is 0.889. The van der Waals surface area contributed by atoms with E-state index in [1.54, 1.807) is 14.0 Å². The lowest BCUT2D eigenvalue weighted by Gasteiger charge is -2.26. The molecule has 0 fully saturated rings. The Hall–Kier alpha value is -0.570. The molecule has 0 saturated carbocycles. The van der Waals surface area contributed by atoms with Crippen molar-refractivity contribution in [2.75, 3.05) is 20.3 Å². The molecule has 72 valence electrons. The van der Waals surface area contributed by atoms with Gasteiger partial charge in [0.25, 0.3) is 0 Å². The highest BCUT2D eigenvalue weighted by Gasteiger charge is 2.13. The van der Waals surface area contributed by atoms with Crippen molar-refractivity contribution in [3.8, 4) is 0 Å². The second-order valence-corrected chi connectivity index (χ2v) is 2.96. The summed E-state index contributed by atoms with van der Waals surface area (Å²) in [5, 5.41) is 0. The molecular weight excluding hydrogens is 154 g/mol. The fourth-order valence-corrected chi connectivity index (χ4v) is 1.10. The average molecular weight is 173 g/mol. The highest BCUT2D eigenvalue weighted by atomic mass is 16.5. The molecule has 0 bridgehead atoms. The zero-order valence-corrected chi connectivity index (χ0v) is 8.46. The van der Waals surface area contributed by atoms with Gasteiger partial charge >= 0.3 is 0 Å². The Bertz CT molecular complexity index is 136. The highest BCUT2D eigenvalue weighted by Crippen LogP contribution is 2.02. The van der Waals surface area contributed by atoms with Crippen LogP contribution in [0.2, 0.25) is 0 Å². The molecule has 0 saturated heterocycles. The van der Waals surface area contributed by atoms with Crippen LogP contribution >= 0.6 is 0 Å². The summed E-state index contributed by atoms with van der Waals surface area (Å²) < 4.78 is 4.92. The third kappa shape index (κ3) is 3.72. The molecule has 1 atom stereocenters. The van der Waals surface area contributed by atoms with Crippen LogP contribution in [0.5, 0.6) is 0 Å². The van der Waals surface area contributed by atoms with E-state index in [-0.39, 0.29) is 5.91 Å². The van der Waals surface area contributed by atoms with E-state index in [0.717, 1.165) is 6.42 Å². The summed E-state index contributed by atoms with van der Waals surface area (Å²) in [6.07, 6.45) is 0.989. The van der Waals surface area contributed by atoms with Crippen LogP contribution in [-0.4, -0.2) is 37.1 Å². The molecule has 0 rings (SSSR count). The Morgan fingerprint density at radius 2 is 2.17 bits per heavy atom. The topological polar surface area (TPSA) is 29.5 Å². The van der Waals surface area contributed by atoms with Crippen molar-refractivity contribution in [3.05, 3.63) is 0 Å². The summed E-state index contributed by atoms with van der Waals surface area (Å²) in [4.78, 5) is 13.0. The highest BCUT2D eigenvalue weighted by molar-refractivity contribution is 5.73. The maximum absolute atomic E-state index is 11.1. The van der Waals surface area contributed by atoms with Gasteiger partial charge in [0.05, 0.1) is 6.61 Å². The maximum Gasteiger partial charge on any atom is 0.219 e. The van der Waals surface area contributed by atoms with Crippen LogP contribution in [-0.2, 0) is 9.53 Å². The van der Waals surface area contributed by atoms with Crippen molar-refractivity contribution in [1.82, 2.24) is 4.90 Å². The summed E-state index contributed by atoms with van der Waals surface area (Å²) in [5.41, 5.74) is 0. The van der Waals surface area contributed by atoms with E-state index in [0.29, 0.717) is 19.2 Å². The van der Waals surface area contributed by atoms with Gasteiger partial charge in [0.15, 0.2) is 0 Å². The third-order valence-electron chi connectivity index (χ3n) is 2.06. The number of rotatable bonds is 5. The Kier molecular flexibility index (Phi) is 5.72. The number of carbonyl (C=O) groups is 1. The molecule has 1 amide bonds. The van der Waals surface area contributed by atoms with E-state index >= 15 is 0 Å². The second kappa shape index (κ2) is 6.00. The summed E-state index contributed by atoms with van der Waals surface area (Å²) in [7, 11) is 1.65. The first-order valence-electron chi connectivity index (χ1n) is 4.39. The standard InChI is InChI=1S/C9H19NO2/c1-5-8(2)10(9(3)11)6-7-12-4/h8H,5-7H2,1-4H3. The Morgan fingerprint density at radius 3 is 2.50 bits per heavy atom. The number of nitrogens with zero attached hydrogens (tertiary/aromatic N) is 1. The Balaban J connectivity index is 3.94. The van der Waals surface area contributed by atoms with Crippen LogP contribution < -0.4 is 0 Å². The normalized spacial score (nSPS) is 12.7. The molecule has 0 aliphatic carbocycles. The van der Waals surface area contributed by atoms with Crippen molar-refractivity contribution < 1.29 is 9.53 Å². The maximum atomic E-state index is 11.1. The van der Waals surface area contributed by atoms with Crippen LogP contribution in [0.25, 0.3) is 0 Å². The molecule has 0 aromatic carbocycles. The number of methoxy groups -OCH3 is 1. The van der Waals surface area contributed by atoms with Gasteiger partial charge in [0, 0.05) is 26.6 Å². The lowest BCUT2D eigenvalue weighted by Crippen LogP contribution is -2.38. The van der Waals surface area contributed by atoms with Crippen LogP contribution in [0.15, 0.2) is 0 Å². The van der Waals surface area contributed by atoms with Crippen molar-refractivity contribution in [3.63, 3.8) is 0 Å². The molecule has 0 heterocycles. The van der Waals surface area contributed by atoms with Gasteiger partial charge in [0.2, 0.25) is 5.91 Å². The Morgan fingerprint density at radius 1 is 1.58 bits per heavy atom. The van der Waals surface area contributed by atoms with Crippen molar-refractivity contribution in [1.29, 1.82) is 0 Å². The largest absolute Gasteiger partial charge is 0.383 e. The summed E-state index contributed by atoms with van der Waals surface area (Å²) in [6, 6.07) is 0.317. The SMILES string of the molecule is CCC(C)N(CCOC)C(C)=O. The van der Waals surface area contributed by atoms with E-state index < -0.39 is 0 Å². The van der Waals surface area contributed by atoms with Gasteiger partial charge in [-0.15, -0.1) is 0 Å². The van der Waals surface area contributed by atoms with Crippen molar-refractivity contribution >= 4 is 5.91 Å². The second-order valence-electron chi connectivity index (χ2n) is 2.96. The molecule has 1 unspecified atom stereocenters. The molecule has 0 spiro atoms. The first kappa shape index (κ1) is 11.4. The third-order valence-corrected chi connectivity index (χ3v) is 2.06. The smallest absolute Gasteiger partial charge is 0.219 e. The number of ether oxygens (including phenoxy) is 1. The van der Waals surface area contributed by atoms with E-state index in [9.17, 15) is 4.79 Å². The van der Waals surface area contributed by atoms with Gasteiger partial charge in [0.1, 0.15) is 0 Å². The predicted molar refractivity (Wildman–Crippen MR) is 49.0 cm³/mol. The van der Waals surface area contributed by atoms with E-state index in [1.807, 2.05) is 4.90 Å². The van der Waals surface area contributed by atoms with Crippen LogP contribution in [0, 0.1) is 0 Å². The lowest BCUT2D eigenvalue weighted by molar-refractivity contribution is -0.131. The van der Waals surface area contributed by atoms with Crippen LogP contribution in [0.3, 0.4) is 0 Å². The predicted octanol–water partition coefficient (Wildman–Crippen LogP) is 1.28. The van der Waals surface area contributed by atoms with E-state index in [1.165, 1.54) is 0 Å². The van der Waals surface area contributed by atoms with Gasteiger partial charge in [-0.05, 0) is 13.3 Å². The Labute approximate surface area is 74.7 Å². The minimum absolute atomic E-state index is 0.126. The number of hydrogen-bond acceptors (Lipinski definition) is 2. The van der Waals surface area contributed by atoms with Crippen molar-refractivity contribution in [2.45, 2.75) is 33.2 Å². The monoisotopic (exact) mass is 173 g/mol. The number of amides is 1. The summed E-state index contributed by atoms with van der Waals surface area (Å²) in [5.74, 6) is 0.126. The summed E-state index contributed by atoms with van der Waals surface area (Å²) in [6.45, 7) is 7.04. The first-order valence-corrected chi connectivity index (χ1v) is 4.39. The minimum atomic E-state index is 0.126. The first-order chi connectivity index (χ1) is 5.63.